The summed E-state index contributed by atoms with van der Waals surface area (Å²) in [5.41, 5.74) is 0.797. The molecule has 0 saturated carbocycles. The highest BCUT2D eigenvalue weighted by atomic mass is 79.9. The molecule has 1 aliphatic rings. The number of benzene rings is 2. The molecule has 1 aliphatic heterocycles. The Bertz CT molecular complexity index is 890. The first-order valence-corrected chi connectivity index (χ1v) is 8.10. The number of amides is 4. The summed E-state index contributed by atoms with van der Waals surface area (Å²) in [5, 5.41) is 2.19. The Kier molecular flexibility index (Phi) is 4.67. The van der Waals surface area contributed by atoms with Crippen LogP contribution in [-0.4, -0.2) is 25.0 Å². The van der Waals surface area contributed by atoms with Crippen molar-refractivity contribution in [3.05, 3.63) is 64.1 Å². The van der Waals surface area contributed by atoms with Gasteiger partial charge in [-0.1, -0.05) is 40.2 Å². The SMILES string of the molecule is COc1ccccc1N1C(=O)NC(=O)/C(=C\c2ccc(Br)cc2)C1=O. The minimum absolute atomic E-state index is 0.132. The first-order valence-electron chi connectivity index (χ1n) is 7.31. The van der Waals surface area contributed by atoms with E-state index in [0.29, 0.717) is 11.3 Å². The van der Waals surface area contributed by atoms with Crippen LogP contribution >= 0.6 is 15.9 Å². The molecule has 0 atom stereocenters. The molecule has 126 valence electrons. The summed E-state index contributed by atoms with van der Waals surface area (Å²) in [4.78, 5) is 38.0. The lowest BCUT2D eigenvalue weighted by molar-refractivity contribution is -0.122. The monoisotopic (exact) mass is 400 g/mol. The Morgan fingerprint density at radius 2 is 1.72 bits per heavy atom. The van der Waals surface area contributed by atoms with Gasteiger partial charge in [-0.15, -0.1) is 0 Å². The quantitative estimate of drug-likeness (QED) is 0.634. The molecule has 0 aliphatic carbocycles. The Morgan fingerprint density at radius 3 is 2.40 bits per heavy atom. The first kappa shape index (κ1) is 16.9. The summed E-state index contributed by atoms with van der Waals surface area (Å²) in [6.07, 6.45) is 1.44. The van der Waals surface area contributed by atoms with Crippen LogP contribution in [0.4, 0.5) is 10.5 Å². The van der Waals surface area contributed by atoms with E-state index >= 15 is 0 Å². The lowest BCUT2D eigenvalue weighted by Gasteiger charge is -2.27. The van der Waals surface area contributed by atoms with Crippen LogP contribution in [0, 0.1) is 0 Å². The minimum atomic E-state index is -0.813. The Labute approximate surface area is 152 Å². The van der Waals surface area contributed by atoms with Crippen molar-refractivity contribution >= 4 is 45.5 Å². The zero-order valence-corrected chi connectivity index (χ0v) is 14.7. The van der Waals surface area contributed by atoms with Crippen LogP contribution in [0.1, 0.15) is 5.56 Å². The molecule has 0 bridgehead atoms. The summed E-state index contributed by atoms with van der Waals surface area (Å²) in [5.74, 6) is -1.09. The molecule has 0 unspecified atom stereocenters. The van der Waals surface area contributed by atoms with Gasteiger partial charge in [0.15, 0.2) is 0 Å². The van der Waals surface area contributed by atoms with E-state index in [2.05, 4.69) is 21.2 Å². The molecule has 6 nitrogen and oxygen atoms in total. The fourth-order valence-corrected chi connectivity index (χ4v) is 2.68. The number of hydrogen-bond donors (Lipinski definition) is 1. The van der Waals surface area contributed by atoms with Gasteiger partial charge < -0.3 is 4.74 Å². The largest absolute Gasteiger partial charge is 0.495 e. The zero-order chi connectivity index (χ0) is 18.0. The molecule has 1 saturated heterocycles. The third kappa shape index (κ3) is 3.32. The van der Waals surface area contributed by atoms with Crippen LogP contribution in [0.2, 0.25) is 0 Å². The fraction of sp³-hybridized carbons (Fsp3) is 0.0556. The number of ether oxygens (including phenoxy) is 1. The maximum Gasteiger partial charge on any atom is 0.336 e. The summed E-state index contributed by atoms with van der Waals surface area (Å²) < 4.78 is 6.08. The van der Waals surface area contributed by atoms with E-state index in [9.17, 15) is 14.4 Å². The molecule has 1 heterocycles. The van der Waals surface area contributed by atoms with E-state index in [1.165, 1.54) is 13.2 Å². The van der Waals surface area contributed by atoms with E-state index in [4.69, 9.17) is 4.74 Å². The summed E-state index contributed by atoms with van der Waals surface area (Å²) >= 11 is 3.32. The molecular formula is C18H13BrN2O4. The molecule has 2 aromatic carbocycles. The van der Waals surface area contributed by atoms with Crippen molar-refractivity contribution < 1.29 is 19.1 Å². The van der Waals surface area contributed by atoms with E-state index in [-0.39, 0.29) is 11.3 Å². The van der Waals surface area contributed by atoms with Gasteiger partial charge in [0.05, 0.1) is 12.8 Å². The van der Waals surface area contributed by atoms with Crippen LogP contribution in [0.25, 0.3) is 6.08 Å². The summed E-state index contributed by atoms with van der Waals surface area (Å²) in [6, 6.07) is 12.9. The van der Waals surface area contributed by atoms with E-state index in [0.717, 1.165) is 9.37 Å². The number of nitrogens with zero attached hydrogens (tertiary/aromatic N) is 1. The van der Waals surface area contributed by atoms with Crippen molar-refractivity contribution in [3.8, 4) is 5.75 Å². The van der Waals surface area contributed by atoms with Gasteiger partial charge in [-0.3, -0.25) is 14.9 Å². The highest BCUT2D eigenvalue weighted by Crippen LogP contribution is 2.30. The number of imide groups is 2. The van der Waals surface area contributed by atoms with Crippen molar-refractivity contribution in [3.63, 3.8) is 0 Å². The predicted octanol–water partition coefficient (Wildman–Crippen LogP) is 3.12. The number of rotatable bonds is 3. The summed E-state index contributed by atoms with van der Waals surface area (Å²) in [7, 11) is 1.44. The topological polar surface area (TPSA) is 75.7 Å². The number of para-hydroxylation sites is 2. The van der Waals surface area contributed by atoms with Gasteiger partial charge in [0, 0.05) is 4.47 Å². The molecule has 3 rings (SSSR count). The molecular weight excluding hydrogens is 388 g/mol. The average Bonchev–Trinajstić information content (AvgIpc) is 2.60. The van der Waals surface area contributed by atoms with E-state index in [1.807, 2.05) is 0 Å². The molecule has 2 aromatic rings. The number of anilines is 1. The molecule has 7 heteroatoms. The molecule has 1 N–H and O–H groups in total. The Morgan fingerprint density at radius 1 is 1.04 bits per heavy atom. The minimum Gasteiger partial charge on any atom is -0.495 e. The second-order valence-electron chi connectivity index (χ2n) is 5.18. The van der Waals surface area contributed by atoms with Crippen molar-refractivity contribution in [2.45, 2.75) is 0 Å². The first-order chi connectivity index (χ1) is 12.0. The third-order valence-electron chi connectivity index (χ3n) is 3.61. The maximum absolute atomic E-state index is 12.8. The number of halogens is 1. The normalized spacial score (nSPS) is 16.2. The van der Waals surface area contributed by atoms with E-state index < -0.39 is 17.8 Å². The second-order valence-corrected chi connectivity index (χ2v) is 6.10. The van der Waals surface area contributed by atoms with Gasteiger partial charge in [0.2, 0.25) is 0 Å². The number of nitrogens with one attached hydrogen (secondary N) is 1. The number of hydrogen-bond acceptors (Lipinski definition) is 4. The average molecular weight is 401 g/mol. The lowest BCUT2D eigenvalue weighted by atomic mass is 10.1. The van der Waals surface area contributed by atoms with Crippen molar-refractivity contribution in [1.29, 1.82) is 0 Å². The standard InChI is InChI=1S/C18H13BrN2O4/c1-25-15-5-3-2-4-14(15)21-17(23)13(16(22)20-18(21)24)10-11-6-8-12(19)9-7-11/h2-10H,1H3,(H,20,22,24)/b13-10+. The molecule has 25 heavy (non-hydrogen) atoms. The Balaban J connectivity index is 2.04. The highest BCUT2D eigenvalue weighted by molar-refractivity contribution is 9.10. The number of barbiturate groups is 1. The second kappa shape index (κ2) is 6.90. The molecule has 0 spiro atoms. The number of urea groups is 1. The van der Waals surface area contributed by atoms with Crippen molar-refractivity contribution in [2.24, 2.45) is 0 Å². The fourth-order valence-electron chi connectivity index (χ4n) is 2.42. The van der Waals surface area contributed by atoms with Crippen LogP contribution in [0.5, 0.6) is 5.75 Å². The van der Waals surface area contributed by atoms with Gasteiger partial charge in [-0.2, -0.15) is 0 Å². The third-order valence-corrected chi connectivity index (χ3v) is 4.14. The molecule has 4 amide bonds. The van der Waals surface area contributed by atoms with Gasteiger partial charge >= 0.3 is 6.03 Å². The lowest BCUT2D eigenvalue weighted by Crippen LogP contribution is -2.54. The van der Waals surface area contributed by atoms with Gasteiger partial charge in [-0.05, 0) is 35.9 Å². The van der Waals surface area contributed by atoms with Crippen LogP contribution in [0.15, 0.2) is 58.6 Å². The number of carbonyl (C=O) groups is 3. The van der Waals surface area contributed by atoms with Crippen molar-refractivity contribution in [2.75, 3.05) is 12.0 Å². The smallest absolute Gasteiger partial charge is 0.336 e. The molecule has 0 radical (unpaired) electrons. The molecule has 1 fully saturated rings. The van der Waals surface area contributed by atoms with Crippen LogP contribution < -0.4 is 15.0 Å². The van der Waals surface area contributed by atoms with Crippen molar-refractivity contribution in [1.82, 2.24) is 5.32 Å². The highest BCUT2D eigenvalue weighted by Gasteiger charge is 2.37. The number of methoxy groups -OCH3 is 1. The maximum atomic E-state index is 12.8. The molecule has 0 aromatic heterocycles. The van der Waals surface area contributed by atoms with Gasteiger partial charge in [-0.25, -0.2) is 9.69 Å². The zero-order valence-electron chi connectivity index (χ0n) is 13.2. The van der Waals surface area contributed by atoms with Gasteiger partial charge in [0.25, 0.3) is 11.8 Å². The number of carbonyl (C=O) groups excluding carboxylic acids is 3. The van der Waals surface area contributed by atoms with Crippen LogP contribution in [0.3, 0.4) is 0 Å². The van der Waals surface area contributed by atoms with Gasteiger partial charge in [0.1, 0.15) is 11.3 Å². The predicted molar refractivity (Wildman–Crippen MR) is 96.1 cm³/mol. The summed E-state index contributed by atoms with van der Waals surface area (Å²) in [6.45, 7) is 0. The van der Waals surface area contributed by atoms with Crippen LogP contribution in [-0.2, 0) is 9.59 Å². The van der Waals surface area contributed by atoms with E-state index in [1.54, 1.807) is 48.5 Å². The Hall–Kier alpha value is -2.93.